The van der Waals surface area contributed by atoms with E-state index in [4.69, 9.17) is 0 Å². The second-order valence-corrected chi connectivity index (χ2v) is 5.65. The van der Waals surface area contributed by atoms with Crippen molar-refractivity contribution in [2.24, 2.45) is 0 Å². The molecule has 0 aliphatic rings. The van der Waals surface area contributed by atoms with Crippen LogP contribution in [0.25, 0.3) is 0 Å². The summed E-state index contributed by atoms with van der Waals surface area (Å²) in [6.07, 6.45) is 2.11. The van der Waals surface area contributed by atoms with Gasteiger partial charge in [-0.05, 0) is 36.6 Å². The minimum absolute atomic E-state index is 0.106. The highest BCUT2D eigenvalue weighted by Gasteiger charge is 2.08. The summed E-state index contributed by atoms with van der Waals surface area (Å²) in [5, 5.41) is 14.0. The van der Waals surface area contributed by atoms with Gasteiger partial charge in [-0.25, -0.2) is 0 Å². The van der Waals surface area contributed by atoms with Crippen molar-refractivity contribution < 1.29 is 4.92 Å². The van der Waals surface area contributed by atoms with Gasteiger partial charge >= 0.3 is 0 Å². The Balaban J connectivity index is 1.75. The van der Waals surface area contributed by atoms with Crippen LogP contribution in [0.1, 0.15) is 17.5 Å². The van der Waals surface area contributed by atoms with Gasteiger partial charge in [-0.15, -0.1) is 0 Å². The highest BCUT2D eigenvalue weighted by Crippen LogP contribution is 2.22. The Labute approximate surface area is 132 Å². The number of halogens is 1. The summed E-state index contributed by atoms with van der Waals surface area (Å²) in [6, 6.07) is 15.3. The third-order valence-electron chi connectivity index (χ3n) is 3.22. The van der Waals surface area contributed by atoms with E-state index in [0.29, 0.717) is 6.54 Å². The van der Waals surface area contributed by atoms with E-state index in [2.05, 4.69) is 45.5 Å². The van der Waals surface area contributed by atoms with E-state index in [1.807, 2.05) is 6.07 Å². The summed E-state index contributed by atoms with van der Waals surface area (Å²) in [4.78, 5) is 10.3. The molecule has 2 aromatic rings. The van der Waals surface area contributed by atoms with E-state index in [-0.39, 0.29) is 10.6 Å². The van der Waals surface area contributed by atoms with Crippen molar-refractivity contribution in [3.8, 4) is 0 Å². The van der Waals surface area contributed by atoms with E-state index in [9.17, 15) is 10.1 Å². The number of non-ortho nitro benzene ring substituents is 1. The summed E-state index contributed by atoms with van der Waals surface area (Å²) in [5.74, 6) is 0. The molecule has 0 heterocycles. The predicted molar refractivity (Wildman–Crippen MR) is 87.3 cm³/mol. The number of benzene rings is 2. The Morgan fingerprint density at radius 2 is 1.90 bits per heavy atom. The molecule has 0 radical (unpaired) electrons. The van der Waals surface area contributed by atoms with Gasteiger partial charge in [0.2, 0.25) is 0 Å². The van der Waals surface area contributed by atoms with Crippen LogP contribution in [0, 0.1) is 10.1 Å². The first kappa shape index (κ1) is 15.7. The highest BCUT2D eigenvalue weighted by atomic mass is 79.9. The summed E-state index contributed by atoms with van der Waals surface area (Å²) < 4.78 is 0.771. The summed E-state index contributed by atoms with van der Waals surface area (Å²) in [7, 11) is 0. The van der Waals surface area contributed by atoms with Crippen LogP contribution >= 0.6 is 15.9 Å². The largest absolute Gasteiger partial charge is 0.313 e. The number of nitrogens with one attached hydrogen (secondary N) is 1. The number of nitro benzene ring substituents is 1. The Kier molecular flexibility index (Phi) is 5.90. The van der Waals surface area contributed by atoms with Crippen LogP contribution in [-0.2, 0) is 13.0 Å². The van der Waals surface area contributed by atoms with Crippen molar-refractivity contribution in [1.29, 1.82) is 0 Å². The molecule has 0 aliphatic carbocycles. The fraction of sp³-hybridized carbons (Fsp3) is 0.250. The average molecular weight is 349 g/mol. The van der Waals surface area contributed by atoms with Gasteiger partial charge in [0, 0.05) is 23.2 Å². The number of hydrogen-bond donors (Lipinski definition) is 1. The van der Waals surface area contributed by atoms with Crippen molar-refractivity contribution in [3.05, 3.63) is 74.2 Å². The minimum atomic E-state index is -0.387. The Morgan fingerprint density at radius 1 is 1.14 bits per heavy atom. The fourth-order valence-corrected chi connectivity index (χ4v) is 2.59. The average Bonchev–Trinajstić information content (AvgIpc) is 2.49. The van der Waals surface area contributed by atoms with Crippen molar-refractivity contribution in [2.75, 3.05) is 6.54 Å². The molecule has 4 nitrogen and oxygen atoms in total. The lowest BCUT2D eigenvalue weighted by Gasteiger charge is -2.07. The molecule has 0 atom stereocenters. The Bertz CT molecular complexity index is 602. The first-order valence-electron chi connectivity index (χ1n) is 6.84. The quantitative estimate of drug-likeness (QED) is 0.466. The molecule has 5 heteroatoms. The van der Waals surface area contributed by atoms with Gasteiger partial charge in [0.05, 0.1) is 4.92 Å². The molecule has 2 rings (SSSR count). The molecule has 0 saturated carbocycles. The van der Waals surface area contributed by atoms with Gasteiger partial charge < -0.3 is 5.32 Å². The highest BCUT2D eigenvalue weighted by molar-refractivity contribution is 9.10. The third kappa shape index (κ3) is 4.95. The topological polar surface area (TPSA) is 55.2 Å². The molecular weight excluding hydrogens is 332 g/mol. The second kappa shape index (κ2) is 7.90. The van der Waals surface area contributed by atoms with Crippen LogP contribution in [0.3, 0.4) is 0 Å². The second-order valence-electron chi connectivity index (χ2n) is 4.80. The zero-order chi connectivity index (χ0) is 15.1. The van der Waals surface area contributed by atoms with Gasteiger partial charge in [-0.1, -0.05) is 46.3 Å². The molecule has 0 bridgehead atoms. The summed E-state index contributed by atoms with van der Waals surface area (Å²) in [5.41, 5.74) is 2.48. The van der Waals surface area contributed by atoms with Crippen molar-refractivity contribution in [1.82, 2.24) is 5.32 Å². The van der Waals surface area contributed by atoms with Gasteiger partial charge in [-0.2, -0.15) is 0 Å². The maximum Gasteiger partial charge on any atom is 0.270 e. The zero-order valence-electron chi connectivity index (χ0n) is 11.6. The van der Waals surface area contributed by atoms with E-state index < -0.39 is 0 Å². The normalized spacial score (nSPS) is 10.5. The molecule has 21 heavy (non-hydrogen) atoms. The molecule has 110 valence electrons. The van der Waals surface area contributed by atoms with Gasteiger partial charge in [0.25, 0.3) is 5.69 Å². The summed E-state index contributed by atoms with van der Waals surface area (Å²) in [6.45, 7) is 1.62. The van der Waals surface area contributed by atoms with Crippen LogP contribution in [0.2, 0.25) is 0 Å². The molecule has 0 saturated heterocycles. The van der Waals surface area contributed by atoms with Crippen molar-refractivity contribution >= 4 is 21.6 Å². The molecule has 0 spiro atoms. The fourth-order valence-electron chi connectivity index (χ4n) is 2.08. The Hall–Kier alpha value is -1.72. The number of nitrogens with zero attached hydrogens (tertiary/aromatic N) is 1. The standard InChI is InChI=1S/C16H17BrN2O2/c17-16-11-15(19(20)21)9-8-14(16)12-18-10-4-7-13-5-2-1-3-6-13/h1-3,5-6,8-9,11,18H,4,7,10,12H2. The van der Waals surface area contributed by atoms with Crippen molar-refractivity contribution in [2.45, 2.75) is 19.4 Å². The van der Waals surface area contributed by atoms with Crippen LogP contribution < -0.4 is 5.32 Å². The van der Waals surface area contributed by atoms with Crippen LogP contribution in [-0.4, -0.2) is 11.5 Å². The molecular formula is C16H17BrN2O2. The molecule has 0 unspecified atom stereocenters. The lowest BCUT2D eigenvalue weighted by molar-refractivity contribution is -0.384. The van der Waals surface area contributed by atoms with Crippen LogP contribution in [0.15, 0.2) is 53.0 Å². The molecule has 0 amide bonds. The van der Waals surface area contributed by atoms with Gasteiger partial charge in [0.1, 0.15) is 0 Å². The van der Waals surface area contributed by atoms with E-state index in [1.54, 1.807) is 12.1 Å². The smallest absolute Gasteiger partial charge is 0.270 e. The van der Waals surface area contributed by atoms with E-state index >= 15 is 0 Å². The first-order valence-corrected chi connectivity index (χ1v) is 7.63. The predicted octanol–water partition coefficient (Wildman–Crippen LogP) is 4.08. The Morgan fingerprint density at radius 3 is 2.57 bits per heavy atom. The third-order valence-corrected chi connectivity index (χ3v) is 3.96. The van der Waals surface area contributed by atoms with Crippen molar-refractivity contribution in [3.63, 3.8) is 0 Å². The van der Waals surface area contributed by atoms with Gasteiger partial charge in [-0.3, -0.25) is 10.1 Å². The molecule has 0 aromatic heterocycles. The molecule has 2 aromatic carbocycles. The monoisotopic (exact) mass is 348 g/mol. The number of aryl methyl sites for hydroxylation is 1. The number of hydrogen-bond acceptors (Lipinski definition) is 3. The van der Waals surface area contributed by atoms with Gasteiger partial charge in [0.15, 0.2) is 0 Å². The molecule has 0 aliphatic heterocycles. The minimum Gasteiger partial charge on any atom is -0.313 e. The zero-order valence-corrected chi connectivity index (χ0v) is 13.2. The van der Waals surface area contributed by atoms with E-state index in [1.165, 1.54) is 11.6 Å². The molecule has 1 N–H and O–H groups in total. The lowest BCUT2D eigenvalue weighted by atomic mass is 10.1. The van der Waals surface area contributed by atoms with Crippen LogP contribution in [0.4, 0.5) is 5.69 Å². The van der Waals surface area contributed by atoms with E-state index in [0.717, 1.165) is 29.4 Å². The maximum absolute atomic E-state index is 10.7. The molecule has 0 fully saturated rings. The SMILES string of the molecule is O=[N+]([O-])c1ccc(CNCCCc2ccccc2)c(Br)c1. The first-order chi connectivity index (χ1) is 10.2. The summed E-state index contributed by atoms with van der Waals surface area (Å²) >= 11 is 3.38. The lowest BCUT2D eigenvalue weighted by Crippen LogP contribution is -2.15. The van der Waals surface area contributed by atoms with Crippen LogP contribution in [0.5, 0.6) is 0 Å². The number of nitro groups is 1. The number of rotatable bonds is 7. The maximum atomic E-state index is 10.7.